The lowest BCUT2D eigenvalue weighted by molar-refractivity contribution is -0.315. The molecule has 3 aromatic rings. The highest BCUT2D eigenvalue weighted by atomic mass is 16.7. The Hall–Kier alpha value is -4.21. The van der Waals surface area contributed by atoms with E-state index in [1.165, 1.54) is 7.11 Å². The predicted molar refractivity (Wildman–Crippen MR) is 183 cm³/mol. The molecule has 0 saturated carbocycles. The van der Waals surface area contributed by atoms with Crippen LogP contribution in [0.5, 0.6) is 0 Å². The molecule has 1 N–H and O–H groups in total. The van der Waals surface area contributed by atoms with Crippen LogP contribution >= 0.6 is 0 Å². The number of carbonyl (C=O) groups is 3. The highest BCUT2D eigenvalue weighted by Gasteiger charge is 2.62. The maximum atomic E-state index is 14.1. The molecule has 0 bridgehead atoms. The van der Waals surface area contributed by atoms with Gasteiger partial charge in [-0.2, -0.15) is 0 Å². The second-order valence-electron chi connectivity index (χ2n) is 13.5. The molecule has 4 aliphatic heterocycles. The van der Waals surface area contributed by atoms with Gasteiger partial charge in [-0.15, -0.1) is 0 Å². The van der Waals surface area contributed by atoms with Gasteiger partial charge in [-0.3, -0.25) is 9.59 Å². The van der Waals surface area contributed by atoms with Crippen LogP contribution in [0, 0.1) is 18.8 Å². The van der Waals surface area contributed by atoms with Crippen molar-refractivity contribution < 1.29 is 62.1 Å². The first kappa shape index (κ1) is 37.1. The average Bonchev–Trinajstić information content (AvgIpc) is 3.72. The second kappa shape index (κ2) is 16.9. The summed E-state index contributed by atoms with van der Waals surface area (Å²) in [4.78, 5) is 39.6. The van der Waals surface area contributed by atoms with Gasteiger partial charge in [-0.1, -0.05) is 91.0 Å². The Morgan fingerprint density at radius 2 is 1.32 bits per heavy atom. The summed E-state index contributed by atoms with van der Waals surface area (Å²) in [6.45, 7) is 3.67. The highest BCUT2D eigenvalue weighted by molar-refractivity contribution is 5.79. The minimum absolute atomic E-state index is 0.0905. The first-order chi connectivity index (χ1) is 25.8. The molecular formula is C40H43O13. The molecule has 12 atom stereocenters. The number of carbonyl (C=O) groups excluding carboxylic acids is 3. The first-order valence-corrected chi connectivity index (χ1v) is 17.7. The lowest BCUT2D eigenvalue weighted by Crippen LogP contribution is -2.63. The Balaban J connectivity index is 1.13. The Bertz CT molecular complexity index is 1670. The summed E-state index contributed by atoms with van der Waals surface area (Å²) < 4.78 is 54.4. The number of fused-ring (bicyclic) bond motifs is 3. The standard InChI is InChI=1S/C40H43O13/c1-23(41)31-33-30(38(43)52-31)27-18-29(42)50-28(32(27)51-33)22-49-39(44)36-34(46-19-24-12-6-3-7-13-24)35(47-20-25-14-8-4-9-15-25)37(40(45-2)53-36)48-21-26-16-10-5-11-17-26/h3-17,23,27-28,30-37,40-41H,1,18-22H2,2H3/t23-,27-,28-,30-,31+,32+,33+,34+,35+,36-,37-,40+/m1/s1. The SMILES string of the molecule is [CH2][C@@H](O)[C@@H]1OC(=O)[C@@H]2[C@H]3CC(=O)O[C@H](COC(=O)[C@@H]4O[C@H](OC)[C@H](OCc5ccccc5)[C@@H](OCc5ccccc5)[C@@H]4OCc4ccccc4)[C@H]3O[C@H]12. The topological polar surface area (TPSA) is 155 Å². The van der Waals surface area contributed by atoms with E-state index in [2.05, 4.69) is 6.92 Å². The minimum Gasteiger partial charge on any atom is -0.460 e. The van der Waals surface area contributed by atoms with Crippen molar-refractivity contribution in [3.63, 3.8) is 0 Å². The monoisotopic (exact) mass is 731 g/mol. The maximum absolute atomic E-state index is 14.1. The predicted octanol–water partition coefficient (Wildman–Crippen LogP) is 3.09. The van der Waals surface area contributed by atoms with E-state index in [1.807, 2.05) is 91.0 Å². The quantitative estimate of drug-likeness (QED) is 0.191. The molecule has 3 aromatic carbocycles. The Kier molecular flexibility index (Phi) is 11.8. The highest BCUT2D eigenvalue weighted by Crippen LogP contribution is 2.47. The van der Waals surface area contributed by atoms with Gasteiger partial charge < -0.3 is 47.7 Å². The van der Waals surface area contributed by atoms with Crippen molar-refractivity contribution in [2.75, 3.05) is 13.7 Å². The molecule has 0 aromatic heterocycles. The lowest BCUT2D eigenvalue weighted by Gasteiger charge is -2.44. The molecule has 53 heavy (non-hydrogen) atoms. The average molecular weight is 732 g/mol. The third-order valence-electron chi connectivity index (χ3n) is 10.0. The van der Waals surface area contributed by atoms with Gasteiger partial charge in [0.25, 0.3) is 0 Å². The first-order valence-electron chi connectivity index (χ1n) is 17.7. The van der Waals surface area contributed by atoms with Crippen molar-refractivity contribution in [3.8, 4) is 0 Å². The number of methoxy groups -OCH3 is 1. The summed E-state index contributed by atoms with van der Waals surface area (Å²) in [5.74, 6) is -3.35. The number of aliphatic hydroxyl groups excluding tert-OH is 1. The van der Waals surface area contributed by atoms with Gasteiger partial charge >= 0.3 is 17.9 Å². The van der Waals surface area contributed by atoms with Crippen molar-refractivity contribution in [1.29, 1.82) is 0 Å². The molecule has 1 radical (unpaired) electrons. The Labute approximate surface area is 307 Å². The van der Waals surface area contributed by atoms with E-state index in [4.69, 9.17) is 42.6 Å². The van der Waals surface area contributed by atoms with Gasteiger partial charge in [0.05, 0.1) is 38.3 Å². The third kappa shape index (κ3) is 8.31. The van der Waals surface area contributed by atoms with Gasteiger partial charge in [0.1, 0.15) is 37.1 Å². The molecule has 0 amide bonds. The van der Waals surface area contributed by atoms with E-state index in [9.17, 15) is 19.5 Å². The summed E-state index contributed by atoms with van der Waals surface area (Å²) in [6, 6.07) is 28.6. The van der Waals surface area contributed by atoms with Crippen LogP contribution in [-0.4, -0.2) is 98.0 Å². The molecule has 13 nitrogen and oxygen atoms in total. The lowest BCUT2D eigenvalue weighted by atomic mass is 9.81. The summed E-state index contributed by atoms with van der Waals surface area (Å²) in [6.07, 6.45) is -10.2. The molecule has 4 aliphatic rings. The summed E-state index contributed by atoms with van der Waals surface area (Å²) in [5, 5.41) is 10.1. The molecule has 4 fully saturated rings. The van der Waals surface area contributed by atoms with E-state index in [0.29, 0.717) is 0 Å². The fourth-order valence-corrected chi connectivity index (χ4v) is 7.48. The maximum Gasteiger partial charge on any atom is 0.338 e. The molecule has 281 valence electrons. The second-order valence-corrected chi connectivity index (χ2v) is 13.5. The van der Waals surface area contributed by atoms with Crippen molar-refractivity contribution in [2.45, 2.75) is 87.5 Å². The van der Waals surface area contributed by atoms with Crippen molar-refractivity contribution in [1.82, 2.24) is 0 Å². The smallest absolute Gasteiger partial charge is 0.338 e. The van der Waals surface area contributed by atoms with E-state index in [0.717, 1.165) is 16.7 Å². The summed E-state index contributed by atoms with van der Waals surface area (Å²) in [7, 11) is 1.45. The molecular weight excluding hydrogens is 688 g/mol. The zero-order valence-electron chi connectivity index (χ0n) is 29.2. The van der Waals surface area contributed by atoms with E-state index < -0.39 is 97.6 Å². The van der Waals surface area contributed by atoms with Crippen LogP contribution in [-0.2, 0) is 76.8 Å². The van der Waals surface area contributed by atoms with Crippen LogP contribution in [0.1, 0.15) is 23.1 Å². The number of benzene rings is 3. The van der Waals surface area contributed by atoms with E-state index in [-0.39, 0.29) is 26.2 Å². The zero-order valence-corrected chi connectivity index (χ0v) is 29.2. The van der Waals surface area contributed by atoms with Crippen LogP contribution in [0.25, 0.3) is 0 Å². The molecule has 0 spiro atoms. The van der Waals surface area contributed by atoms with Gasteiger partial charge in [0, 0.05) is 13.0 Å². The summed E-state index contributed by atoms with van der Waals surface area (Å²) >= 11 is 0. The molecule has 0 unspecified atom stereocenters. The molecule has 13 heteroatoms. The van der Waals surface area contributed by atoms with Crippen molar-refractivity contribution in [2.24, 2.45) is 11.8 Å². The van der Waals surface area contributed by atoms with Crippen LogP contribution < -0.4 is 0 Å². The molecule has 4 saturated heterocycles. The van der Waals surface area contributed by atoms with E-state index in [1.54, 1.807) is 0 Å². The largest absolute Gasteiger partial charge is 0.460 e. The van der Waals surface area contributed by atoms with Crippen LogP contribution in [0.3, 0.4) is 0 Å². The van der Waals surface area contributed by atoms with Gasteiger partial charge in [0.2, 0.25) is 0 Å². The fraction of sp³-hybridized carbons (Fsp3) is 0.450. The van der Waals surface area contributed by atoms with Crippen LogP contribution in [0.2, 0.25) is 0 Å². The van der Waals surface area contributed by atoms with Gasteiger partial charge in [0.15, 0.2) is 24.6 Å². The number of ether oxygens (including phenoxy) is 9. The number of cyclic esters (lactones) is 2. The zero-order chi connectivity index (χ0) is 36.9. The number of esters is 3. The van der Waals surface area contributed by atoms with E-state index >= 15 is 0 Å². The number of rotatable bonds is 14. The van der Waals surface area contributed by atoms with Crippen LogP contribution in [0.4, 0.5) is 0 Å². The van der Waals surface area contributed by atoms with Gasteiger partial charge in [-0.05, 0) is 23.6 Å². The number of hydrogen-bond donors (Lipinski definition) is 1. The molecule has 7 rings (SSSR count). The van der Waals surface area contributed by atoms with Crippen molar-refractivity contribution >= 4 is 17.9 Å². The van der Waals surface area contributed by atoms with Crippen molar-refractivity contribution in [3.05, 3.63) is 115 Å². The molecule has 4 heterocycles. The Morgan fingerprint density at radius 3 is 1.87 bits per heavy atom. The fourth-order valence-electron chi connectivity index (χ4n) is 7.48. The number of aliphatic hydroxyl groups is 1. The Morgan fingerprint density at radius 1 is 0.774 bits per heavy atom. The minimum atomic E-state index is -1.36. The third-order valence-corrected chi connectivity index (χ3v) is 10.0. The summed E-state index contributed by atoms with van der Waals surface area (Å²) in [5.41, 5.74) is 2.66. The normalized spacial score (nSPS) is 32.6. The molecule has 0 aliphatic carbocycles. The number of hydrogen-bond acceptors (Lipinski definition) is 13. The van der Waals surface area contributed by atoms with Gasteiger partial charge in [-0.25, -0.2) is 4.79 Å². The van der Waals surface area contributed by atoms with Crippen LogP contribution in [0.15, 0.2) is 91.0 Å².